The highest BCUT2D eigenvalue weighted by Crippen LogP contribution is 2.27. The van der Waals surface area contributed by atoms with Gasteiger partial charge in [0, 0.05) is 11.2 Å². The van der Waals surface area contributed by atoms with Crippen LogP contribution in [0.2, 0.25) is 5.02 Å². The summed E-state index contributed by atoms with van der Waals surface area (Å²) < 4.78 is 5.74. The van der Waals surface area contributed by atoms with Crippen LogP contribution in [0.1, 0.15) is 27.2 Å². The molecule has 0 aliphatic carbocycles. The molecule has 0 unspecified atom stereocenters. The van der Waals surface area contributed by atoms with Crippen molar-refractivity contribution in [2.45, 2.75) is 20.5 Å². The number of carboxylic acids is 1. The van der Waals surface area contributed by atoms with Crippen LogP contribution in [-0.2, 0) is 6.61 Å². The molecule has 0 spiro atoms. The smallest absolute Gasteiger partial charge is 0.337 e. The largest absolute Gasteiger partial charge is 0.487 e. The summed E-state index contributed by atoms with van der Waals surface area (Å²) in [5, 5.41) is 9.48. The zero-order valence-corrected chi connectivity index (χ0v) is 11.9. The van der Waals surface area contributed by atoms with Gasteiger partial charge in [0.15, 0.2) is 0 Å². The lowest BCUT2D eigenvalue weighted by Crippen LogP contribution is -2.03. The van der Waals surface area contributed by atoms with Crippen molar-refractivity contribution in [3.63, 3.8) is 0 Å². The highest BCUT2D eigenvalue weighted by atomic mass is 35.5. The summed E-state index contributed by atoms with van der Waals surface area (Å²) in [6.45, 7) is 4.13. The standard InChI is InChI=1S/C15H14ClNO3/c1-9-5-12(16)6-10(2)14(9)20-8-13-4-3-11(7-17-13)15(18)19/h3-7H,8H2,1-2H3,(H,18,19). The minimum atomic E-state index is -0.991. The summed E-state index contributed by atoms with van der Waals surface area (Å²) in [5.41, 5.74) is 2.74. The molecule has 0 aliphatic rings. The van der Waals surface area contributed by atoms with Gasteiger partial charge in [-0.1, -0.05) is 11.6 Å². The molecule has 1 aromatic heterocycles. The third-order valence-corrected chi connectivity index (χ3v) is 3.08. The van der Waals surface area contributed by atoms with E-state index in [1.54, 1.807) is 6.07 Å². The Labute approximate surface area is 122 Å². The van der Waals surface area contributed by atoms with E-state index in [0.29, 0.717) is 10.7 Å². The first-order chi connectivity index (χ1) is 9.47. The summed E-state index contributed by atoms with van der Waals surface area (Å²) in [5.74, 6) is -0.215. The molecule has 1 aromatic carbocycles. The van der Waals surface area contributed by atoms with E-state index in [0.717, 1.165) is 16.9 Å². The summed E-state index contributed by atoms with van der Waals surface area (Å²) in [6, 6.07) is 6.83. The molecule has 1 N–H and O–H groups in total. The Bertz CT molecular complexity index is 615. The topological polar surface area (TPSA) is 59.4 Å². The minimum Gasteiger partial charge on any atom is -0.487 e. The molecule has 0 amide bonds. The maximum atomic E-state index is 10.7. The van der Waals surface area contributed by atoms with E-state index in [1.807, 2.05) is 26.0 Å². The van der Waals surface area contributed by atoms with Crippen LogP contribution in [0, 0.1) is 13.8 Å². The molecule has 104 valence electrons. The van der Waals surface area contributed by atoms with Gasteiger partial charge in [-0.15, -0.1) is 0 Å². The van der Waals surface area contributed by atoms with E-state index in [9.17, 15) is 4.79 Å². The number of hydrogen-bond donors (Lipinski definition) is 1. The predicted molar refractivity (Wildman–Crippen MR) is 76.5 cm³/mol. The molecular formula is C15H14ClNO3. The quantitative estimate of drug-likeness (QED) is 0.934. The number of carboxylic acid groups (broad SMARTS) is 1. The van der Waals surface area contributed by atoms with Gasteiger partial charge in [-0.2, -0.15) is 0 Å². The fourth-order valence-corrected chi connectivity index (χ4v) is 2.23. The monoisotopic (exact) mass is 291 g/mol. The van der Waals surface area contributed by atoms with Crippen molar-refractivity contribution in [3.8, 4) is 5.75 Å². The molecule has 1 heterocycles. The second kappa shape index (κ2) is 5.92. The summed E-state index contributed by atoms with van der Waals surface area (Å²) in [4.78, 5) is 14.8. The number of hydrogen-bond acceptors (Lipinski definition) is 3. The van der Waals surface area contributed by atoms with Gasteiger partial charge in [-0.3, -0.25) is 4.98 Å². The molecule has 20 heavy (non-hydrogen) atoms. The number of carbonyl (C=O) groups is 1. The van der Waals surface area contributed by atoms with Crippen LogP contribution in [-0.4, -0.2) is 16.1 Å². The molecule has 2 rings (SSSR count). The Balaban J connectivity index is 2.11. The van der Waals surface area contributed by atoms with Gasteiger partial charge in [0.1, 0.15) is 12.4 Å². The average molecular weight is 292 g/mol. The maximum absolute atomic E-state index is 10.7. The predicted octanol–water partition coefficient (Wildman–Crippen LogP) is 3.63. The Hall–Kier alpha value is -2.07. The van der Waals surface area contributed by atoms with Gasteiger partial charge in [0.2, 0.25) is 0 Å². The number of nitrogens with zero attached hydrogens (tertiary/aromatic N) is 1. The first-order valence-corrected chi connectivity index (χ1v) is 6.43. The number of halogens is 1. The average Bonchev–Trinajstić information content (AvgIpc) is 2.38. The van der Waals surface area contributed by atoms with Gasteiger partial charge in [-0.25, -0.2) is 4.79 Å². The van der Waals surface area contributed by atoms with Crippen LogP contribution >= 0.6 is 11.6 Å². The lowest BCUT2D eigenvalue weighted by molar-refractivity contribution is 0.0696. The fourth-order valence-electron chi connectivity index (χ4n) is 1.91. The minimum absolute atomic E-state index is 0.160. The van der Waals surface area contributed by atoms with E-state index in [4.69, 9.17) is 21.4 Å². The lowest BCUT2D eigenvalue weighted by Gasteiger charge is -2.12. The number of rotatable bonds is 4. The second-order valence-corrected chi connectivity index (χ2v) is 4.94. The van der Waals surface area contributed by atoms with E-state index < -0.39 is 5.97 Å². The van der Waals surface area contributed by atoms with Gasteiger partial charge >= 0.3 is 5.97 Å². The molecular weight excluding hydrogens is 278 g/mol. The number of benzene rings is 1. The zero-order chi connectivity index (χ0) is 14.7. The molecule has 0 bridgehead atoms. The van der Waals surface area contributed by atoms with Crippen molar-refractivity contribution >= 4 is 17.6 Å². The van der Waals surface area contributed by atoms with Crippen LogP contribution < -0.4 is 4.74 Å². The van der Waals surface area contributed by atoms with Crippen molar-refractivity contribution in [2.75, 3.05) is 0 Å². The van der Waals surface area contributed by atoms with E-state index in [2.05, 4.69) is 4.98 Å². The number of aromatic nitrogens is 1. The van der Waals surface area contributed by atoms with E-state index >= 15 is 0 Å². The van der Waals surface area contributed by atoms with Crippen molar-refractivity contribution in [3.05, 3.63) is 57.9 Å². The SMILES string of the molecule is Cc1cc(Cl)cc(C)c1OCc1ccc(C(=O)O)cn1. The van der Waals surface area contributed by atoms with Crippen LogP contribution in [0.5, 0.6) is 5.75 Å². The first kappa shape index (κ1) is 14.3. The van der Waals surface area contributed by atoms with Crippen LogP contribution in [0.4, 0.5) is 0 Å². The van der Waals surface area contributed by atoms with Gasteiger partial charge in [-0.05, 0) is 49.2 Å². The third-order valence-electron chi connectivity index (χ3n) is 2.86. The third kappa shape index (κ3) is 3.27. The summed E-state index contributed by atoms with van der Waals surface area (Å²) in [7, 11) is 0. The molecule has 4 nitrogen and oxygen atoms in total. The fraction of sp³-hybridized carbons (Fsp3) is 0.200. The van der Waals surface area contributed by atoms with Gasteiger partial charge < -0.3 is 9.84 Å². The maximum Gasteiger partial charge on any atom is 0.337 e. The van der Waals surface area contributed by atoms with Crippen LogP contribution in [0.25, 0.3) is 0 Å². The molecule has 0 fully saturated rings. The summed E-state index contributed by atoms with van der Waals surface area (Å²) in [6.07, 6.45) is 1.32. The Kier molecular flexibility index (Phi) is 4.25. The highest BCUT2D eigenvalue weighted by Gasteiger charge is 2.07. The molecule has 0 saturated carbocycles. The lowest BCUT2D eigenvalue weighted by atomic mass is 10.1. The summed E-state index contributed by atoms with van der Waals surface area (Å²) >= 11 is 5.96. The first-order valence-electron chi connectivity index (χ1n) is 6.05. The number of aryl methyl sites for hydroxylation is 2. The number of aromatic carboxylic acids is 1. The van der Waals surface area contributed by atoms with E-state index in [1.165, 1.54) is 12.3 Å². The molecule has 0 saturated heterocycles. The Morgan fingerprint density at radius 3 is 2.45 bits per heavy atom. The van der Waals surface area contributed by atoms with Gasteiger partial charge in [0.25, 0.3) is 0 Å². The number of ether oxygens (including phenoxy) is 1. The zero-order valence-electron chi connectivity index (χ0n) is 11.2. The Morgan fingerprint density at radius 1 is 1.30 bits per heavy atom. The van der Waals surface area contributed by atoms with Crippen LogP contribution in [0.3, 0.4) is 0 Å². The molecule has 5 heteroatoms. The second-order valence-electron chi connectivity index (χ2n) is 4.50. The highest BCUT2D eigenvalue weighted by molar-refractivity contribution is 6.30. The van der Waals surface area contributed by atoms with Crippen molar-refractivity contribution in [1.82, 2.24) is 4.98 Å². The molecule has 2 aromatic rings. The molecule has 0 atom stereocenters. The van der Waals surface area contributed by atoms with E-state index in [-0.39, 0.29) is 12.2 Å². The Morgan fingerprint density at radius 2 is 1.95 bits per heavy atom. The number of pyridine rings is 1. The van der Waals surface area contributed by atoms with Crippen LogP contribution in [0.15, 0.2) is 30.5 Å². The van der Waals surface area contributed by atoms with Crippen molar-refractivity contribution in [2.24, 2.45) is 0 Å². The van der Waals surface area contributed by atoms with Crippen molar-refractivity contribution in [1.29, 1.82) is 0 Å². The van der Waals surface area contributed by atoms with Crippen molar-refractivity contribution < 1.29 is 14.6 Å². The molecule has 0 radical (unpaired) electrons. The molecule has 0 aliphatic heterocycles. The van der Waals surface area contributed by atoms with Gasteiger partial charge in [0.05, 0.1) is 11.3 Å². The normalized spacial score (nSPS) is 10.3.